The molecule has 4 heteroatoms. The van der Waals surface area contributed by atoms with Crippen molar-refractivity contribution in [2.45, 2.75) is 90.9 Å². The van der Waals surface area contributed by atoms with Gasteiger partial charge in [0.25, 0.3) is 0 Å². The van der Waals surface area contributed by atoms with E-state index >= 15 is 0 Å². The largest absolute Gasteiger partial charge is 0.494 e. The Morgan fingerprint density at radius 1 is 0.938 bits per heavy atom. The molecule has 0 aromatic carbocycles. The van der Waals surface area contributed by atoms with Gasteiger partial charge in [-0.1, -0.05) is 71.6 Å². The highest BCUT2D eigenvalue weighted by molar-refractivity contribution is 6.11. The molecule has 0 amide bonds. The molecule has 0 unspecified atom stereocenters. The van der Waals surface area contributed by atoms with Crippen LogP contribution in [0.15, 0.2) is 46.9 Å². The van der Waals surface area contributed by atoms with Crippen LogP contribution in [0.2, 0.25) is 0 Å². The summed E-state index contributed by atoms with van der Waals surface area (Å²) in [6, 6.07) is 6.33. The first kappa shape index (κ1) is 24.2. The van der Waals surface area contributed by atoms with Gasteiger partial charge in [0, 0.05) is 23.7 Å². The highest BCUT2D eigenvalue weighted by Crippen LogP contribution is 2.26. The van der Waals surface area contributed by atoms with E-state index < -0.39 is 0 Å². The second-order valence-electron chi connectivity index (χ2n) is 8.88. The molecule has 174 valence electrons. The third-order valence-corrected chi connectivity index (χ3v) is 6.21. The molecule has 0 bridgehead atoms. The molecule has 2 aromatic heterocycles. The molecule has 0 atom stereocenters. The van der Waals surface area contributed by atoms with Gasteiger partial charge in [0.15, 0.2) is 0 Å². The fourth-order valence-electron chi connectivity index (χ4n) is 4.42. The van der Waals surface area contributed by atoms with Gasteiger partial charge < -0.3 is 14.7 Å². The van der Waals surface area contributed by atoms with E-state index in [-0.39, 0.29) is 0 Å². The Bertz CT molecular complexity index is 899. The summed E-state index contributed by atoms with van der Waals surface area (Å²) in [7, 11) is 1.71. The number of ether oxygens (including phenoxy) is 1. The van der Waals surface area contributed by atoms with E-state index in [0.29, 0.717) is 0 Å². The summed E-state index contributed by atoms with van der Waals surface area (Å²) < 4.78 is 5.59. The lowest BCUT2D eigenvalue weighted by Gasteiger charge is -2.04. The molecule has 0 fully saturated rings. The predicted octanol–water partition coefficient (Wildman–Crippen LogP) is 7.74. The van der Waals surface area contributed by atoms with E-state index in [1.165, 1.54) is 69.0 Å². The van der Waals surface area contributed by atoms with E-state index in [2.05, 4.69) is 36.0 Å². The van der Waals surface area contributed by atoms with Gasteiger partial charge in [-0.25, -0.2) is 4.99 Å². The van der Waals surface area contributed by atoms with Crippen LogP contribution in [0, 0.1) is 0 Å². The Kier molecular flexibility index (Phi) is 9.93. The third kappa shape index (κ3) is 7.01. The van der Waals surface area contributed by atoms with Crippen molar-refractivity contribution in [3.63, 3.8) is 0 Å². The number of hydrogen-bond acceptors (Lipinski definition) is 2. The SMILES string of the molecule is CCCCCCCCCCCc1cc(C=C2N=C(c3ccc[nH]3)C=C2OC)[nH]c1CCC. The van der Waals surface area contributed by atoms with Gasteiger partial charge in [-0.3, -0.25) is 0 Å². The molecule has 1 aliphatic rings. The summed E-state index contributed by atoms with van der Waals surface area (Å²) in [6.45, 7) is 4.53. The van der Waals surface area contributed by atoms with Gasteiger partial charge in [-0.05, 0) is 49.1 Å². The summed E-state index contributed by atoms with van der Waals surface area (Å²) >= 11 is 0. The quantitative estimate of drug-likeness (QED) is 0.276. The van der Waals surface area contributed by atoms with Crippen LogP contribution in [0.5, 0.6) is 0 Å². The number of aromatic amines is 2. The number of aromatic nitrogens is 2. The third-order valence-electron chi connectivity index (χ3n) is 6.21. The molecule has 3 rings (SSSR count). The normalized spacial score (nSPS) is 14.8. The monoisotopic (exact) mass is 435 g/mol. The van der Waals surface area contributed by atoms with Crippen molar-refractivity contribution >= 4 is 11.8 Å². The topological polar surface area (TPSA) is 53.2 Å². The van der Waals surface area contributed by atoms with Crippen molar-refractivity contribution < 1.29 is 4.74 Å². The van der Waals surface area contributed by atoms with E-state index in [9.17, 15) is 0 Å². The van der Waals surface area contributed by atoms with Crippen molar-refractivity contribution in [2.24, 2.45) is 4.99 Å². The number of rotatable bonds is 15. The lowest BCUT2D eigenvalue weighted by atomic mass is 10.0. The maximum atomic E-state index is 5.59. The van der Waals surface area contributed by atoms with Crippen molar-refractivity contribution in [2.75, 3.05) is 7.11 Å². The molecule has 0 saturated heterocycles. The summed E-state index contributed by atoms with van der Waals surface area (Å²) in [4.78, 5) is 11.7. The standard InChI is InChI=1S/C28H41N3O/c1-4-6-7-8-9-10-11-12-13-16-22-19-23(30-24(22)15-5-2)20-27-28(32-3)21-26(31-27)25-17-14-18-29-25/h14,17-21,29-30H,4-13,15-16H2,1-3H3. The minimum atomic E-state index is 0.807. The van der Waals surface area contributed by atoms with Gasteiger partial charge >= 0.3 is 0 Å². The van der Waals surface area contributed by atoms with Crippen LogP contribution in [0.4, 0.5) is 0 Å². The van der Waals surface area contributed by atoms with Crippen LogP contribution in [-0.4, -0.2) is 22.8 Å². The first-order valence-corrected chi connectivity index (χ1v) is 12.7. The minimum Gasteiger partial charge on any atom is -0.494 e. The molecule has 2 N–H and O–H groups in total. The summed E-state index contributed by atoms with van der Waals surface area (Å²) in [6.07, 6.45) is 21.8. The van der Waals surface area contributed by atoms with Gasteiger partial charge in [0.05, 0.1) is 18.5 Å². The average Bonchev–Trinajstić information content (AvgIpc) is 3.53. The van der Waals surface area contributed by atoms with Gasteiger partial charge in [-0.2, -0.15) is 0 Å². The fraction of sp³-hybridized carbons (Fsp3) is 0.536. The molecular formula is C28H41N3O. The Hall–Kier alpha value is -2.49. The van der Waals surface area contributed by atoms with E-state index in [0.717, 1.165) is 47.8 Å². The van der Waals surface area contributed by atoms with Crippen LogP contribution in [0.1, 0.15) is 101 Å². The zero-order valence-corrected chi connectivity index (χ0v) is 20.3. The molecule has 0 radical (unpaired) electrons. The molecule has 0 aliphatic carbocycles. The van der Waals surface area contributed by atoms with E-state index in [1.807, 2.05) is 24.4 Å². The van der Waals surface area contributed by atoms with Crippen molar-refractivity contribution in [1.82, 2.24) is 9.97 Å². The Labute approximate surface area is 194 Å². The highest BCUT2D eigenvalue weighted by Gasteiger charge is 2.17. The Morgan fingerprint density at radius 2 is 1.69 bits per heavy atom. The lowest BCUT2D eigenvalue weighted by Crippen LogP contribution is -1.93. The lowest BCUT2D eigenvalue weighted by molar-refractivity contribution is 0.303. The molecule has 0 spiro atoms. The zero-order valence-electron chi connectivity index (χ0n) is 20.3. The molecule has 2 aromatic rings. The second kappa shape index (κ2) is 13.1. The fourth-order valence-corrected chi connectivity index (χ4v) is 4.42. The number of nitrogens with one attached hydrogen (secondary N) is 2. The summed E-state index contributed by atoms with van der Waals surface area (Å²) in [5.74, 6) is 0.807. The predicted molar refractivity (Wildman–Crippen MR) is 136 cm³/mol. The van der Waals surface area contributed by atoms with Crippen molar-refractivity contribution in [3.05, 3.63) is 64.6 Å². The van der Waals surface area contributed by atoms with E-state index in [1.54, 1.807) is 7.11 Å². The van der Waals surface area contributed by atoms with Crippen LogP contribution in [0.25, 0.3) is 6.08 Å². The van der Waals surface area contributed by atoms with Gasteiger partial charge in [0.1, 0.15) is 11.5 Å². The van der Waals surface area contributed by atoms with Crippen LogP contribution < -0.4 is 0 Å². The van der Waals surface area contributed by atoms with Crippen molar-refractivity contribution in [1.29, 1.82) is 0 Å². The molecule has 0 saturated carbocycles. The Balaban J connectivity index is 1.58. The van der Waals surface area contributed by atoms with Crippen LogP contribution in [0.3, 0.4) is 0 Å². The number of nitrogens with zero attached hydrogens (tertiary/aromatic N) is 1. The Morgan fingerprint density at radius 3 is 2.34 bits per heavy atom. The number of unbranched alkanes of at least 4 members (excludes halogenated alkanes) is 8. The molecular weight excluding hydrogens is 394 g/mol. The number of allylic oxidation sites excluding steroid dienone is 1. The van der Waals surface area contributed by atoms with Crippen molar-refractivity contribution in [3.8, 4) is 0 Å². The maximum absolute atomic E-state index is 5.59. The highest BCUT2D eigenvalue weighted by atomic mass is 16.5. The smallest absolute Gasteiger partial charge is 0.146 e. The van der Waals surface area contributed by atoms with Gasteiger partial charge in [-0.15, -0.1) is 0 Å². The van der Waals surface area contributed by atoms with E-state index in [4.69, 9.17) is 9.73 Å². The first-order chi connectivity index (χ1) is 15.7. The second-order valence-corrected chi connectivity index (χ2v) is 8.88. The minimum absolute atomic E-state index is 0.807. The average molecular weight is 436 g/mol. The molecule has 32 heavy (non-hydrogen) atoms. The number of H-pyrrole nitrogens is 2. The number of methoxy groups -OCH3 is 1. The first-order valence-electron chi connectivity index (χ1n) is 12.7. The maximum Gasteiger partial charge on any atom is 0.146 e. The molecule has 3 heterocycles. The van der Waals surface area contributed by atoms with Crippen LogP contribution >= 0.6 is 0 Å². The zero-order chi connectivity index (χ0) is 22.6. The number of aliphatic imine (C=N–C) groups is 1. The van der Waals surface area contributed by atoms with Crippen LogP contribution in [-0.2, 0) is 17.6 Å². The summed E-state index contributed by atoms with van der Waals surface area (Å²) in [5, 5.41) is 0. The number of aryl methyl sites for hydroxylation is 2. The molecule has 4 nitrogen and oxygen atoms in total. The summed E-state index contributed by atoms with van der Waals surface area (Å²) in [5.41, 5.74) is 6.76. The van der Waals surface area contributed by atoms with Gasteiger partial charge in [0.2, 0.25) is 0 Å². The number of hydrogen-bond donors (Lipinski definition) is 2. The molecule has 1 aliphatic heterocycles.